The maximum Gasteiger partial charge on any atom is 0.349 e. The summed E-state index contributed by atoms with van der Waals surface area (Å²) in [7, 11) is 0. The Kier molecular flexibility index (Phi) is 4.95. The van der Waals surface area contributed by atoms with E-state index in [1.165, 1.54) is 24.5 Å². The summed E-state index contributed by atoms with van der Waals surface area (Å²) in [5.41, 5.74) is 1.97. The number of carbonyl (C=O) groups excluding carboxylic acids is 2. The number of esters is 1. The molecule has 0 N–H and O–H groups in total. The van der Waals surface area contributed by atoms with Crippen LogP contribution >= 0.6 is 22.9 Å². The average molecular weight is 418 g/mol. The van der Waals surface area contributed by atoms with E-state index in [4.69, 9.17) is 25.8 Å². The summed E-state index contributed by atoms with van der Waals surface area (Å²) in [6, 6.07) is 5.21. The first kappa shape index (κ1) is 18.7. The third-order valence-electron chi connectivity index (χ3n) is 4.41. The smallest absolute Gasteiger partial charge is 0.349 e. The van der Waals surface area contributed by atoms with Crippen molar-refractivity contribution in [2.45, 2.75) is 20.5 Å². The van der Waals surface area contributed by atoms with Gasteiger partial charge in [0.1, 0.15) is 29.5 Å². The fourth-order valence-electron chi connectivity index (χ4n) is 2.95. The normalized spacial score (nSPS) is 12.8. The van der Waals surface area contributed by atoms with Gasteiger partial charge in [0.15, 0.2) is 17.3 Å². The van der Waals surface area contributed by atoms with Gasteiger partial charge in [-0.2, -0.15) is 0 Å². The lowest BCUT2D eigenvalue weighted by Crippen LogP contribution is -2.16. The number of pyridine rings is 1. The number of Topliss-reactive ketones (excluding diaryl/α,β-unsaturated/α-hetero) is 1. The molecule has 0 saturated heterocycles. The van der Waals surface area contributed by atoms with Crippen molar-refractivity contribution >= 4 is 44.9 Å². The Hall–Kier alpha value is -2.64. The summed E-state index contributed by atoms with van der Waals surface area (Å²) in [5, 5.41) is 1.20. The Bertz CT molecular complexity index is 1110. The van der Waals surface area contributed by atoms with Crippen LogP contribution in [0, 0.1) is 6.92 Å². The fourth-order valence-corrected chi connectivity index (χ4v) is 4.26. The first-order chi connectivity index (χ1) is 13.4. The van der Waals surface area contributed by atoms with Crippen LogP contribution in [-0.4, -0.2) is 30.0 Å². The number of nitrogens with zero attached hydrogens (tertiary/aromatic N) is 1. The molecule has 6 nitrogen and oxygen atoms in total. The molecule has 0 aliphatic carbocycles. The minimum atomic E-state index is -0.448. The molecule has 0 unspecified atom stereocenters. The lowest BCUT2D eigenvalue weighted by Gasteiger charge is -2.20. The maximum absolute atomic E-state index is 12.6. The highest BCUT2D eigenvalue weighted by atomic mass is 35.5. The number of halogens is 1. The van der Waals surface area contributed by atoms with Gasteiger partial charge in [0, 0.05) is 17.1 Å². The molecule has 1 aliphatic heterocycles. The highest BCUT2D eigenvalue weighted by Gasteiger charge is 2.20. The zero-order valence-corrected chi connectivity index (χ0v) is 16.8. The second-order valence-corrected chi connectivity index (χ2v) is 7.77. The van der Waals surface area contributed by atoms with Crippen LogP contribution in [0.1, 0.15) is 38.1 Å². The van der Waals surface area contributed by atoms with Gasteiger partial charge in [-0.05, 0) is 43.2 Å². The standard InChI is InChI=1S/C20H16ClNO5S/c1-10-14-7-13(11(2)23)8-22-19(14)28-18(10)20(24)27-9-12-5-15(21)17-16(6-12)25-3-4-26-17/h5-8H,3-4,9H2,1-2H3. The third kappa shape index (κ3) is 3.43. The van der Waals surface area contributed by atoms with Gasteiger partial charge in [0.2, 0.25) is 0 Å². The molecule has 3 aromatic rings. The highest BCUT2D eigenvalue weighted by molar-refractivity contribution is 7.20. The fraction of sp³-hybridized carbons (Fsp3) is 0.250. The van der Waals surface area contributed by atoms with Crippen molar-refractivity contribution in [3.63, 3.8) is 0 Å². The average Bonchev–Trinajstić information content (AvgIpc) is 3.02. The number of aromatic nitrogens is 1. The number of ether oxygens (including phenoxy) is 3. The number of aryl methyl sites for hydroxylation is 1. The van der Waals surface area contributed by atoms with E-state index in [9.17, 15) is 9.59 Å². The van der Waals surface area contributed by atoms with Gasteiger partial charge in [-0.3, -0.25) is 4.79 Å². The minimum absolute atomic E-state index is 0.0506. The molecule has 8 heteroatoms. The van der Waals surface area contributed by atoms with Crippen molar-refractivity contribution in [2.75, 3.05) is 13.2 Å². The van der Waals surface area contributed by atoms with Gasteiger partial charge in [-0.1, -0.05) is 11.6 Å². The van der Waals surface area contributed by atoms with Crippen molar-refractivity contribution < 1.29 is 23.8 Å². The molecule has 0 bridgehead atoms. The molecule has 144 valence electrons. The van der Waals surface area contributed by atoms with Gasteiger partial charge in [0.25, 0.3) is 0 Å². The van der Waals surface area contributed by atoms with E-state index in [0.29, 0.717) is 50.6 Å². The number of hydrogen-bond donors (Lipinski definition) is 0. The summed E-state index contributed by atoms with van der Waals surface area (Å²) in [6.07, 6.45) is 1.52. The van der Waals surface area contributed by atoms with E-state index in [-0.39, 0.29) is 12.4 Å². The topological polar surface area (TPSA) is 74.7 Å². The molecule has 2 aromatic heterocycles. The Labute approximate surface area is 170 Å². The Morgan fingerprint density at radius 3 is 2.82 bits per heavy atom. The maximum atomic E-state index is 12.6. The molecule has 0 radical (unpaired) electrons. The van der Waals surface area contributed by atoms with E-state index in [2.05, 4.69) is 4.98 Å². The van der Waals surface area contributed by atoms with Crippen LogP contribution in [0.15, 0.2) is 24.4 Å². The number of fused-ring (bicyclic) bond motifs is 2. The van der Waals surface area contributed by atoms with Crippen LogP contribution in [-0.2, 0) is 11.3 Å². The number of benzene rings is 1. The third-order valence-corrected chi connectivity index (χ3v) is 5.89. The van der Waals surface area contributed by atoms with Crippen molar-refractivity contribution in [1.82, 2.24) is 4.98 Å². The number of ketones is 1. The molecule has 0 spiro atoms. The van der Waals surface area contributed by atoms with Gasteiger partial charge < -0.3 is 14.2 Å². The summed E-state index contributed by atoms with van der Waals surface area (Å²) in [4.78, 5) is 29.6. The van der Waals surface area contributed by atoms with Gasteiger partial charge in [-0.25, -0.2) is 9.78 Å². The SMILES string of the molecule is CC(=O)c1cnc2sc(C(=O)OCc3cc(Cl)c4c(c3)OCCO4)c(C)c2c1. The molecular formula is C20H16ClNO5S. The molecule has 1 aliphatic rings. The lowest BCUT2D eigenvalue weighted by molar-refractivity contribution is 0.0477. The molecule has 0 saturated carbocycles. The van der Waals surface area contributed by atoms with E-state index in [1.54, 1.807) is 18.2 Å². The van der Waals surface area contributed by atoms with E-state index >= 15 is 0 Å². The molecular weight excluding hydrogens is 402 g/mol. The molecule has 0 fully saturated rings. The Balaban J connectivity index is 1.55. The largest absolute Gasteiger partial charge is 0.486 e. The quantitative estimate of drug-likeness (QED) is 0.456. The van der Waals surface area contributed by atoms with Gasteiger partial charge in [-0.15, -0.1) is 11.3 Å². The van der Waals surface area contributed by atoms with Gasteiger partial charge in [0.05, 0.1) is 5.02 Å². The molecule has 4 rings (SSSR count). The zero-order chi connectivity index (χ0) is 19.8. The zero-order valence-electron chi connectivity index (χ0n) is 15.2. The van der Waals surface area contributed by atoms with Gasteiger partial charge >= 0.3 is 5.97 Å². The van der Waals surface area contributed by atoms with E-state index < -0.39 is 5.97 Å². The summed E-state index contributed by atoms with van der Waals surface area (Å²) in [6.45, 7) is 4.25. The van der Waals surface area contributed by atoms with Crippen LogP contribution in [0.3, 0.4) is 0 Å². The predicted molar refractivity (Wildman–Crippen MR) is 106 cm³/mol. The molecule has 0 atom stereocenters. The van der Waals surface area contributed by atoms with Crippen LogP contribution in [0.5, 0.6) is 11.5 Å². The lowest BCUT2D eigenvalue weighted by atomic mass is 10.1. The number of thiophene rings is 1. The van der Waals surface area contributed by atoms with Crippen LogP contribution in [0.4, 0.5) is 0 Å². The van der Waals surface area contributed by atoms with Crippen LogP contribution in [0.25, 0.3) is 10.2 Å². The van der Waals surface area contributed by atoms with Crippen LogP contribution < -0.4 is 9.47 Å². The second-order valence-electron chi connectivity index (χ2n) is 6.37. The summed E-state index contributed by atoms with van der Waals surface area (Å²) < 4.78 is 16.5. The molecule has 28 heavy (non-hydrogen) atoms. The number of rotatable bonds is 4. The molecule has 0 amide bonds. The first-order valence-corrected chi connectivity index (χ1v) is 9.78. The number of hydrogen-bond acceptors (Lipinski definition) is 7. The monoisotopic (exact) mass is 417 g/mol. The van der Waals surface area contributed by atoms with E-state index in [1.807, 2.05) is 6.92 Å². The molecule has 1 aromatic carbocycles. The van der Waals surface area contributed by atoms with Crippen LogP contribution in [0.2, 0.25) is 5.02 Å². The van der Waals surface area contributed by atoms with Crippen molar-refractivity contribution in [1.29, 1.82) is 0 Å². The first-order valence-electron chi connectivity index (χ1n) is 8.59. The number of carbonyl (C=O) groups is 2. The minimum Gasteiger partial charge on any atom is -0.486 e. The van der Waals surface area contributed by atoms with E-state index in [0.717, 1.165) is 10.9 Å². The predicted octanol–water partition coefficient (Wildman–Crippen LogP) is 4.59. The van der Waals surface area contributed by atoms with Crippen molar-refractivity contribution in [3.05, 3.63) is 51.0 Å². The summed E-state index contributed by atoms with van der Waals surface area (Å²) >= 11 is 7.47. The summed E-state index contributed by atoms with van der Waals surface area (Å²) in [5.74, 6) is 0.537. The Morgan fingerprint density at radius 2 is 2.04 bits per heavy atom. The highest BCUT2D eigenvalue weighted by Crippen LogP contribution is 2.38. The second kappa shape index (κ2) is 7.41. The molecule has 3 heterocycles. The van der Waals surface area contributed by atoms with Crippen molar-refractivity contribution in [3.8, 4) is 11.5 Å². The Morgan fingerprint density at radius 1 is 1.25 bits per heavy atom. The van der Waals surface area contributed by atoms with Crippen molar-refractivity contribution in [2.24, 2.45) is 0 Å².